The summed E-state index contributed by atoms with van der Waals surface area (Å²) >= 11 is 0. The molecule has 1 spiro atoms. The van der Waals surface area contributed by atoms with Crippen molar-refractivity contribution in [2.75, 3.05) is 26.3 Å². The maximum atomic E-state index is 13.3. The molecule has 2 aliphatic rings. The number of ether oxygens (including phenoxy) is 2. The Kier molecular flexibility index (Phi) is 6.18. The molecule has 2 saturated heterocycles. The Bertz CT molecular complexity index is 1420. The van der Waals surface area contributed by atoms with E-state index in [-0.39, 0.29) is 41.3 Å². The summed E-state index contributed by atoms with van der Waals surface area (Å²) in [6.07, 6.45) is 2.15. The molecule has 0 saturated carbocycles. The predicted octanol–water partition coefficient (Wildman–Crippen LogP) is 2.12. The number of carbonyl (C=O) groups excluding carboxylic acids is 1. The van der Waals surface area contributed by atoms with Crippen LogP contribution in [0.4, 0.5) is 4.39 Å². The minimum absolute atomic E-state index is 0.0245. The number of sulfonamides is 1. The van der Waals surface area contributed by atoms with Crippen molar-refractivity contribution in [3.63, 3.8) is 0 Å². The van der Waals surface area contributed by atoms with Gasteiger partial charge in [0.2, 0.25) is 15.5 Å². The highest BCUT2D eigenvalue weighted by molar-refractivity contribution is 7.89. The number of fused-ring (bicyclic) bond motifs is 1. The first-order valence-electron chi connectivity index (χ1n) is 11.2. The van der Waals surface area contributed by atoms with Crippen molar-refractivity contribution in [2.24, 2.45) is 0 Å². The van der Waals surface area contributed by atoms with Crippen LogP contribution in [0.25, 0.3) is 10.9 Å². The number of benzene rings is 2. The molecule has 2 N–H and O–H groups in total. The van der Waals surface area contributed by atoms with Crippen molar-refractivity contribution >= 4 is 26.8 Å². The summed E-state index contributed by atoms with van der Waals surface area (Å²) in [5, 5.41) is 2.72. The molecule has 9 nitrogen and oxygen atoms in total. The molecule has 1 amide bonds. The van der Waals surface area contributed by atoms with Crippen LogP contribution in [0, 0.1) is 5.82 Å². The number of amides is 1. The van der Waals surface area contributed by atoms with E-state index in [4.69, 9.17) is 9.47 Å². The summed E-state index contributed by atoms with van der Waals surface area (Å²) in [5.74, 6) is -1.72. The van der Waals surface area contributed by atoms with E-state index < -0.39 is 27.1 Å². The third kappa shape index (κ3) is 4.59. The van der Waals surface area contributed by atoms with E-state index in [1.54, 1.807) is 0 Å². The Hall–Kier alpha value is -3.12. The van der Waals surface area contributed by atoms with Crippen LogP contribution in [0.1, 0.15) is 28.8 Å². The number of nitrogens with one attached hydrogen (secondary N) is 2. The van der Waals surface area contributed by atoms with E-state index >= 15 is 0 Å². The fourth-order valence-electron chi connectivity index (χ4n) is 4.41. The Morgan fingerprint density at radius 1 is 1.09 bits per heavy atom. The molecule has 5 rings (SSSR count). The van der Waals surface area contributed by atoms with Gasteiger partial charge >= 0.3 is 0 Å². The summed E-state index contributed by atoms with van der Waals surface area (Å²) in [5.41, 5.74) is 0.346. The van der Waals surface area contributed by atoms with Crippen molar-refractivity contribution in [2.45, 2.75) is 30.1 Å². The van der Waals surface area contributed by atoms with E-state index in [2.05, 4.69) is 10.3 Å². The molecule has 11 heteroatoms. The van der Waals surface area contributed by atoms with Crippen LogP contribution >= 0.6 is 0 Å². The summed E-state index contributed by atoms with van der Waals surface area (Å²) < 4.78 is 52.3. The molecule has 0 radical (unpaired) electrons. The molecule has 184 valence electrons. The van der Waals surface area contributed by atoms with Gasteiger partial charge in [-0.25, -0.2) is 12.8 Å². The highest BCUT2D eigenvalue weighted by Crippen LogP contribution is 2.33. The third-order valence-corrected chi connectivity index (χ3v) is 8.29. The second kappa shape index (κ2) is 9.15. The van der Waals surface area contributed by atoms with Gasteiger partial charge in [0.1, 0.15) is 11.4 Å². The topological polar surface area (TPSA) is 118 Å². The lowest BCUT2D eigenvalue weighted by molar-refractivity contribution is -0.179. The van der Waals surface area contributed by atoms with Gasteiger partial charge in [0.25, 0.3) is 5.91 Å². The minimum atomic E-state index is -3.86. The van der Waals surface area contributed by atoms with E-state index in [1.807, 2.05) is 0 Å². The van der Waals surface area contributed by atoms with Crippen molar-refractivity contribution in [3.8, 4) is 0 Å². The van der Waals surface area contributed by atoms with Crippen LogP contribution < -0.4 is 10.7 Å². The molecule has 1 aromatic heterocycles. The number of carbonyl (C=O) groups is 1. The van der Waals surface area contributed by atoms with E-state index in [9.17, 15) is 22.4 Å². The zero-order chi connectivity index (χ0) is 24.6. The average Bonchev–Trinajstić information content (AvgIpc) is 3.31. The van der Waals surface area contributed by atoms with Crippen LogP contribution in [-0.2, 0) is 26.0 Å². The molecule has 0 unspecified atom stereocenters. The SMILES string of the molecule is O=C(NCc1ccc(F)cc1)c1c[nH]c2ccc(S(=O)(=O)N3CCC4(CC3)OCCO4)cc2c1=O. The molecule has 2 fully saturated rings. The van der Waals surface area contributed by atoms with Gasteiger partial charge in [-0.05, 0) is 35.9 Å². The maximum absolute atomic E-state index is 13.3. The molecule has 0 atom stereocenters. The monoisotopic (exact) mass is 501 g/mol. The van der Waals surface area contributed by atoms with E-state index in [0.29, 0.717) is 37.1 Å². The van der Waals surface area contributed by atoms with Gasteiger partial charge in [0, 0.05) is 49.6 Å². The second-order valence-electron chi connectivity index (χ2n) is 8.56. The van der Waals surface area contributed by atoms with Crippen LogP contribution in [0.15, 0.2) is 58.4 Å². The van der Waals surface area contributed by atoms with Crippen LogP contribution in [0.2, 0.25) is 0 Å². The second-order valence-corrected chi connectivity index (χ2v) is 10.5. The average molecular weight is 502 g/mol. The Morgan fingerprint density at radius 2 is 1.77 bits per heavy atom. The first-order chi connectivity index (χ1) is 16.8. The molecule has 2 aromatic carbocycles. The fraction of sp³-hybridized carbons (Fsp3) is 0.333. The number of halogens is 1. The smallest absolute Gasteiger partial charge is 0.257 e. The Morgan fingerprint density at radius 3 is 2.46 bits per heavy atom. The Labute approximate surface area is 200 Å². The van der Waals surface area contributed by atoms with Gasteiger partial charge in [-0.1, -0.05) is 12.1 Å². The predicted molar refractivity (Wildman–Crippen MR) is 125 cm³/mol. The third-order valence-electron chi connectivity index (χ3n) is 6.40. The molecule has 3 heterocycles. The fourth-order valence-corrected chi connectivity index (χ4v) is 5.88. The Balaban J connectivity index is 1.37. The number of hydrogen-bond donors (Lipinski definition) is 2. The van der Waals surface area contributed by atoms with Crippen molar-refractivity contribution in [1.82, 2.24) is 14.6 Å². The summed E-state index contributed by atoms with van der Waals surface area (Å²) in [4.78, 5) is 28.6. The lowest BCUT2D eigenvalue weighted by Gasteiger charge is -2.36. The summed E-state index contributed by atoms with van der Waals surface area (Å²) in [6.45, 7) is 1.58. The quantitative estimate of drug-likeness (QED) is 0.553. The van der Waals surface area contributed by atoms with Crippen LogP contribution in [0.3, 0.4) is 0 Å². The number of hydrogen-bond acceptors (Lipinski definition) is 6. The van der Waals surface area contributed by atoms with Crippen LogP contribution in [-0.4, -0.2) is 55.7 Å². The normalized spacial score (nSPS) is 18.2. The molecular weight excluding hydrogens is 477 g/mol. The number of pyridine rings is 1. The zero-order valence-corrected chi connectivity index (χ0v) is 19.6. The van der Waals surface area contributed by atoms with Gasteiger partial charge in [-0.15, -0.1) is 0 Å². The first-order valence-corrected chi connectivity index (χ1v) is 12.7. The highest BCUT2D eigenvalue weighted by Gasteiger charge is 2.42. The van der Waals surface area contributed by atoms with Gasteiger partial charge in [0.15, 0.2) is 5.79 Å². The molecule has 0 bridgehead atoms. The maximum Gasteiger partial charge on any atom is 0.257 e. The molecule has 0 aliphatic carbocycles. The van der Waals surface area contributed by atoms with Crippen molar-refractivity contribution in [3.05, 3.63) is 75.8 Å². The van der Waals surface area contributed by atoms with Crippen molar-refractivity contribution < 1.29 is 27.1 Å². The standard InChI is InChI=1S/C24H24FN3O6S/c25-17-3-1-16(2-4-17)14-27-23(30)20-15-26-21-6-5-18(13-19(21)22(20)29)35(31,32)28-9-7-24(8-10-28)33-11-12-34-24/h1-6,13,15H,7-12,14H2,(H,26,29)(H,27,30). The molecule has 35 heavy (non-hydrogen) atoms. The molecule has 3 aromatic rings. The number of rotatable bonds is 5. The highest BCUT2D eigenvalue weighted by atomic mass is 32.2. The summed E-state index contributed by atoms with van der Waals surface area (Å²) in [7, 11) is -3.86. The zero-order valence-electron chi connectivity index (χ0n) is 18.8. The number of H-pyrrole nitrogens is 1. The van der Waals surface area contributed by atoms with E-state index in [0.717, 1.165) is 0 Å². The number of aromatic nitrogens is 1. The lowest BCUT2D eigenvalue weighted by atomic mass is 10.1. The van der Waals surface area contributed by atoms with Gasteiger partial charge in [0.05, 0.1) is 18.1 Å². The van der Waals surface area contributed by atoms with E-state index in [1.165, 1.54) is 53.0 Å². The van der Waals surface area contributed by atoms with Gasteiger partial charge in [-0.2, -0.15) is 4.31 Å². The summed E-state index contributed by atoms with van der Waals surface area (Å²) in [6, 6.07) is 9.88. The lowest BCUT2D eigenvalue weighted by Crippen LogP contribution is -2.47. The molecule has 2 aliphatic heterocycles. The largest absolute Gasteiger partial charge is 0.360 e. The molecular formula is C24H24FN3O6S. The number of nitrogens with zero attached hydrogens (tertiary/aromatic N) is 1. The first kappa shape index (κ1) is 23.6. The van der Waals surface area contributed by atoms with Gasteiger partial charge < -0.3 is 19.8 Å². The number of aromatic amines is 1. The number of piperidine rings is 1. The van der Waals surface area contributed by atoms with Crippen molar-refractivity contribution in [1.29, 1.82) is 0 Å². The minimum Gasteiger partial charge on any atom is -0.360 e. The van der Waals surface area contributed by atoms with Gasteiger partial charge in [-0.3, -0.25) is 9.59 Å². The van der Waals surface area contributed by atoms with Crippen LogP contribution in [0.5, 0.6) is 0 Å².